The zero-order valence-electron chi connectivity index (χ0n) is 13.6. The summed E-state index contributed by atoms with van der Waals surface area (Å²) in [5, 5.41) is 3.20. The fourth-order valence-corrected chi connectivity index (χ4v) is 3.76. The Morgan fingerprint density at radius 1 is 1.17 bits per heavy atom. The SMILES string of the molecule is CC(=O)c1c(C)[nH]c(-c2csc(CCc3ccccc3)n2)c1C. The number of hydrogen-bond donors (Lipinski definition) is 1. The molecule has 0 radical (unpaired) electrons. The number of Topliss-reactive ketones (excluding diaryl/α,β-unsaturated/α-hetero) is 1. The molecule has 0 unspecified atom stereocenters. The van der Waals surface area contributed by atoms with Crippen LogP contribution in [0.25, 0.3) is 11.4 Å². The maximum Gasteiger partial charge on any atom is 0.161 e. The number of thiazole rings is 1. The summed E-state index contributed by atoms with van der Waals surface area (Å²) in [6, 6.07) is 10.5. The fourth-order valence-electron chi connectivity index (χ4n) is 2.97. The van der Waals surface area contributed by atoms with Crippen LogP contribution in [0.1, 0.15) is 39.1 Å². The molecule has 23 heavy (non-hydrogen) atoms. The van der Waals surface area contributed by atoms with Gasteiger partial charge in [-0.05, 0) is 38.3 Å². The number of nitrogens with zero attached hydrogens (tertiary/aromatic N) is 1. The molecule has 3 aromatic rings. The van der Waals surface area contributed by atoms with Crippen LogP contribution < -0.4 is 0 Å². The molecule has 0 aliphatic carbocycles. The summed E-state index contributed by atoms with van der Waals surface area (Å²) in [5.74, 6) is 0.0991. The second-order valence-corrected chi connectivity index (χ2v) is 6.74. The molecule has 1 N–H and O–H groups in total. The third-order valence-corrected chi connectivity index (χ3v) is 4.98. The van der Waals surface area contributed by atoms with Crippen LogP contribution in [0.2, 0.25) is 0 Å². The number of H-pyrrole nitrogens is 1. The van der Waals surface area contributed by atoms with E-state index in [4.69, 9.17) is 4.98 Å². The molecule has 0 fully saturated rings. The molecule has 0 atom stereocenters. The predicted molar refractivity (Wildman–Crippen MR) is 95.2 cm³/mol. The number of rotatable bonds is 5. The smallest absolute Gasteiger partial charge is 0.161 e. The van der Waals surface area contributed by atoms with Crippen LogP contribution in [0.4, 0.5) is 0 Å². The molecule has 0 saturated carbocycles. The van der Waals surface area contributed by atoms with Crippen molar-refractivity contribution < 1.29 is 4.79 Å². The Balaban J connectivity index is 1.80. The summed E-state index contributed by atoms with van der Waals surface area (Å²) in [6.07, 6.45) is 1.93. The average Bonchev–Trinajstić information content (AvgIpc) is 3.10. The van der Waals surface area contributed by atoms with Crippen molar-refractivity contribution in [2.45, 2.75) is 33.6 Å². The van der Waals surface area contributed by atoms with E-state index in [9.17, 15) is 4.79 Å². The first-order valence-electron chi connectivity index (χ1n) is 7.75. The van der Waals surface area contributed by atoms with Crippen molar-refractivity contribution in [1.82, 2.24) is 9.97 Å². The number of hydrogen-bond acceptors (Lipinski definition) is 3. The van der Waals surface area contributed by atoms with Gasteiger partial charge in [0.1, 0.15) is 0 Å². The quantitative estimate of drug-likeness (QED) is 0.689. The minimum absolute atomic E-state index is 0.0991. The Morgan fingerprint density at radius 3 is 2.57 bits per heavy atom. The number of benzene rings is 1. The van der Waals surface area contributed by atoms with Crippen LogP contribution in [0.5, 0.6) is 0 Å². The van der Waals surface area contributed by atoms with Crippen molar-refractivity contribution in [3.8, 4) is 11.4 Å². The average molecular weight is 324 g/mol. The second-order valence-electron chi connectivity index (χ2n) is 5.79. The molecule has 1 aromatic carbocycles. The van der Waals surface area contributed by atoms with Crippen molar-refractivity contribution in [2.75, 3.05) is 0 Å². The molecule has 3 nitrogen and oxygen atoms in total. The fraction of sp³-hybridized carbons (Fsp3) is 0.263. The Labute approximate surface area is 140 Å². The minimum Gasteiger partial charge on any atom is -0.356 e. The lowest BCUT2D eigenvalue weighted by molar-refractivity contribution is 0.101. The minimum atomic E-state index is 0.0991. The highest BCUT2D eigenvalue weighted by atomic mass is 32.1. The summed E-state index contributed by atoms with van der Waals surface area (Å²) in [7, 11) is 0. The van der Waals surface area contributed by atoms with Crippen LogP contribution in [0.3, 0.4) is 0 Å². The lowest BCUT2D eigenvalue weighted by Gasteiger charge is -1.99. The molecule has 3 rings (SSSR count). The molecule has 0 amide bonds. The molecule has 0 saturated heterocycles. The van der Waals surface area contributed by atoms with E-state index in [1.54, 1.807) is 18.3 Å². The predicted octanol–water partition coefficient (Wildman–Crippen LogP) is 4.74. The largest absolute Gasteiger partial charge is 0.356 e. The van der Waals surface area contributed by atoms with Gasteiger partial charge in [-0.2, -0.15) is 0 Å². The van der Waals surface area contributed by atoms with Gasteiger partial charge in [0.15, 0.2) is 5.78 Å². The maximum atomic E-state index is 11.8. The van der Waals surface area contributed by atoms with Crippen LogP contribution in [0.15, 0.2) is 35.7 Å². The van der Waals surface area contributed by atoms with Crippen molar-refractivity contribution in [3.63, 3.8) is 0 Å². The molecule has 2 heterocycles. The Hall–Kier alpha value is -2.20. The highest BCUT2D eigenvalue weighted by Crippen LogP contribution is 2.29. The van der Waals surface area contributed by atoms with Gasteiger partial charge in [-0.25, -0.2) is 4.98 Å². The van der Waals surface area contributed by atoms with Gasteiger partial charge in [-0.15, -0.1) is 11.3 Å². The summed E-state index contributed by atoms with van der Waals surface area (Å²) in [5.41, 5.74) is 5.94. The summed E-state index contributed by atoms with van der Waals surface area (Å²) < 4.78 is 0. The first-order valence-corrected chi connectivity index (χ1v) is 8.63. The molecule has 0 bridgehead atoms. The van der Waals surface area contributed by atoms with E-state index in [-0.39, 0.29) is 5.78 Å². The van der Waals surface area contributed by atoms with Crippen LogP contribution in [0, 0.1) is 13.8 Å². The van der Waals surface area contributed by atoms with E-state index in [1.807, 2.05) is 19.9 Å². The number of nitrogens with one attached hydrogen (secondary N) is 1. The molecule has 0 aliphatic rings. The third-order valence-electron chi connectivity index (χ3n) is 4.07. The van der Waals surface area contributed by atoms with Gasteiger partial charge in [0.05, 0.1) is 16.4 Å². The Bertz CT molecular complexity index is 830. The highest BCUT2D eigenvalue weighted by molar-refractivity contribution is 7.09. The number of carbonyl (C=O) groups is 1. The highest BCUT2D eigenvalue weighted by Gasteiger charge is 2.17. The number of carbonyl (C=O) groups excluding carboxylic acids is 1. The summed E-state index contributed by atoms with van der Waals surface area (Å²) >= 11 is 1.68. The number of aryl methyl sites for hydroxylation is 3. The van der Waals surface area contributed by atoms with Crippen LogP contribution in [-0.2, 0) is 12.8 Å². The summed E-state index contributed by atoms with van der Waals surface area (Å²) in [4.78, 5) is 19.8. The van der Waals surface area contributed by atoms with Gasteiger partial charge in [0.25, 0.3) is 0 Å². The monoisotopic (exact) mass is 324 g/mol. The number of aromatic nitrogens is 2. The Morgan fingerprint density at radius 2 is 1.91 bits per heavy atom. The van der Waals surface area contributed by atoms with Gasteiger partial charge < -0.3 is 4.98 Å². The normalized spacial score (nSPS) is 10.9. The molecule has 118 valence electrons. The lowest BCUT2D eigenvalue weighted by atomic mass is 10.1. The van der Waals surface area contributed by atoms with Gasteiger partial charge in [0, 0.05) is 23.1 Å². The zero-order valence-corrected chi connectivity index (χ0v) is 14.5. The van der Waals surface area contributed by atoms with Crippen molar-refractivity contribution >= 4 is 17.1 Å². The molecular weight excluding hydrogens is 304 g/mol. The number of ketones is 1. The molecule has 0 aliphatic heterocycles. The van der Waals surface area contributed by atoms with Gasteiger partial charge in [-0.3, -0.25) is 4.79 Å². The molecule has 0 spiro atoms. The maximum absolute atomic E-state index is 11.8. The second kappa shape index (κ2) is 6.50. The van der Waals surface area contributed by atoms with E-state index >= 15 is 0 Å². The third kappa shape index (κ3) is 3.27. The lowest BCUT2D eigenvalue weighted by Crippen LogP contribution is -1.95. The number of aromatic amines is 1. The van der Waals surface area contributed by atoms with Gasteiger partial charge in [-0.1, -0.05) is 30.3 Å². The van der Waals surface area contributed by atoms with Crippen LogP contribution >= 0.6 is 11.3 Å². The summed E-state index contributed by atoms with van der Waals surface area (Å²) in [6.45, 7) is 5.54. The van der Waals surface area contributed by atoms with Crippen molar-refractivity contribution in [3.05, 3.63) is 63.1 Å². The molecular formula is C19H20N2OS. The van der Waals surface area contributed by atoms with Gasteiger partial charge in [0.2, 0.25) is 0 Å². The molecule has 4 heteroatoms. The zero-order chi connectivity index (χ0) is 16.4. The van der Waals surface area contributed by atoms with Crippen molar-refractivity contribution in [1.29, 1.82) is 0 Å². The van der Waals surface area contributed by atoms with E-state index < -0.39 is 0 Å². The van der Waals surface area contributed by atoms with E-state index in [0.717, 1.165) is 46.1 Å². The van der Waals surface area contributed by atoms with Crippen molar-refractivity contribution in [2.24, 2.45) is 0 Å². The van der Waals surface area contributed by atoms with E-state index in [0.29, 0.717) is 0 Å². The first kappa shape index (κ1) is 15.7. The topological polar surface area (TPSA) is 45.8 Å². The Kier molecular flexibility index (Phi) is 4.44. The standard InChI is InChI=1S/C19H20N2OS/c1-12-18(14(3)22)13(2)20-19(12)16-11-23-17(21-16)10-9-15-7-5-4-6-8-15/h4-8,11,20H,9-10H2,1-3H3. The van der Waals surface area contributed by atoms with E-state index in [2.05, 4.69) is 34.6 Å². The van der Waals surface area contributed by atoms with Crippen LogP contribution in [-0.4, -0.2) is 15.8 Å². The first-order chi connectivity index (χ1) is 11.1. The molecule has 2 aromatic heterocycles. The van der Waals surface area contributed by atoms with Gasteiger partial charge >= 0.3 is 0 Å². The van der Waals surface area contributed by atoms with E-state index in [1.165, 1.54) is 5.56 Å².